The van der Waals surface area contributed by atoms with Crippen molar-refractivity contribution in [2.75, 3.05) is 5.43 Å². The van der Waals surface area contributed by atoms with E-state index in [-0.39, 0.29) is 0 Å². The average Bonchev–Trinajstić information content (AvgIpc) is 2.82. The highest BCUT2D eigenvalue weighted by Crippen LogP contribution is 2.32. The first-order chi connectivity index (χ1) is 8.06. The first kappa shape index (κ1) is 11.9. The van der Waals surface area contributed by atoms with Gasteiger partial charge in [0.2, 0.25) is 5.13 Å². The standard InChI is InChI=1S/C10H12N4OS2/c1-5-3-7(6(2)17-5)8-4-16-10(12-8)14-13-9(11)15/h3-4H,1-2H3,(H,12,14)(H3,11,13,15). The molecular weight excluding hydrogens is 256 g/mol. The summed E-state index contributed by atoms with van der Waals surface area (Å²) >= 11 is 3.16. The Kier molecular flexibility index (Phi) is 3.30. The van der Waals surface area contributed by atoms with Gasteiger partial charge in [-0.15, -0.1) is 22.7 Å². The first-order valence-corrected chi connectivity index (χ1v) is 6.60. The number of carbonyl (C=O) groups excluding carboxylic acids is 1. The van der Waals surface area contributed by atoms with Crippen LogP contribution in [0.25, 0.3) is 11.3 Å². The number of hydrazine groups is 1. The fraction of sp³-hybridized carbons (Fsp3) is 0.200. The van der Waals surface area contributed by atoms with E-state index in [0.29, 0.717) is 5.13 Å². The number of nitrogens with one attached hydrogen (secondary N) is 2. The van der Waals surface area contributed by atoms with Crippen LogP contribution < -0.4 is 16.6 Å². The van der Waals surface area contributed by atoms with Gasteiger partial charge in [0, 0.05) is 20.7 Å². The summed E-state index contributed by atoms with van der Waals surface area (Å²) in [7, 11) is 0. The Morgan fingerprint density at radius 1 is 1.47 bits per heavy atom. The van der Waals surface area contributed by atoms with Crippen molar-refractivity contribution >= 4 is 33.8 Å². The van der Waals surface area contributed by atoms with E-state index in [1.807, 2.05) is 5.38 Å². The van der Waals surface area contributed by atoms with Crippen LogP contribution in [0.2, 0.25) is 0 Å². The van der Waals surface area contributed by atoms with Gasteiger partial charge in [0.1, 0.15) is 0 Å². The fourth-order valence-electron chi connectivity index (χ4n) is 1.46. The van der Waals surface area contributed by atoms with Crippen molar-refractivity contribution < 1.29 is 4.79 Å². The van der Waals surface area contributed by atoms with E-state index >= 15 is 0 Å². The van der Waals surface area contributed by atoms with E-state index < -0.39 is 6.03 Å². The fourth-order valence-corrected chi connectivity index (χ4v) is 3.05. The van der Waals surface area contributed by atoms with Gasteiger partial charge in [-0.25, -0.2) is 15.2 Å². The molecule has 2 heterocycles. The molecule has 0 spiro atoms. The third kappa shape index (κ3) is 2.75. The Morgan fingerprint density at radius 3 is 2.82 bits per heavy atom. The zero-order valence-corrected chi connectivity index (χ0v) is 11.0. The smallest absolute Gasteiger partial charge is 0.330 e. The predicted octanol–water partition coefficient (Wildman–Crippen LogP) is 2.48. The molecule has 5 nitrogen and oxygen atoms in total. The Bertz CT molecular complexity index is 546. The molecule has 0 aliphatic carbocycles. The minimum absolute atomic E-state index is 0.613. The average molecular weight is 268 g/mol. The van der Waals surface area contributed by atoms with Crippen LogP contribution in [-0.2, 0) is 0 Å². The topological polar surface area (TPSA) is 80.0 Å². The molecule has 2 amide bonds. The van der Waals surface area contributed by atoms with Gasteiger partial charge in [0.15, 0.2) is 0 Å². The molecule has 0 aliphatic heterocycles. The molecule has 0 bridgehead atoms. The predicted molar refractivity (Wildman–Crippen MR) is 71.2 cm³/mol. The van der Waals surface area contributed by atoms with Crippen LogP contribution in [-0.4, -0.2) is 11.0 Å². The molecule has 0 fully saturated rings. The summed E-state index contributed by atoms with van der Waals surface area (Å²) in [5.74, 6) is 0. The second-order valence-corrected chi connectivity index (χ2v) is 5.80. The van der Waals surface area contributed by atoms with E-state index in [9.17, 15) is 4.79 Å². The number of thiophene rings is 1. The van der Waals surface area contributed by atoms with Crippen molar-refractivity contribution in [3.05, 3.63) is 21.2 Å². The van der Waals surface area contributed by atoms with Gasteiger partial charge in [-0.05, 0) is 19.9 Å². The summed E-state index contributed by atoms with van der Waals surface area (Å²) in [6.07, 6.45) is 0. The van der Waals surface area contributed by atoms with Gasteiger partial charge in [-0.3, -0.25) is 5.43 Å². The van der Waals surface area contributed by atoms with Crippen LogP contribution in [0.1, 0.15) is 9.75 Å². The molecule has 0 aromatic carbocycles. The van der Waals surface area contributed by atoms with Crippen molar-refractivity contribution in [2.45, 2.75) is 13.8 Å². The zero-order chi connectivity index (χ0) is 12.4. The molecule has 0 unspecified atom stereocenters. The maximum atomic E-state index is 10.5. The van der Waals surface area contributed by atoms with Crippen LogP contribution >= 0.6 is 22.7 Å². The van der Waals surface area contributed by atoms with Crippen molar-refractivity contribution in [3.8, 4) is 11.3 Å². The number of aryl methyl sites for hydroxylation is 2. The monoisotopic (exact) mass is 268 g/mol. The second kappa shape index (κ2) is 4.72. The SMILES string of the molecule is Cc1cc(-c2csc(NNC(N)=O)n2)c(C)s1. The number of nitrogens with zero attached hydrogens (tertiary/aromatic N) is 1. The number of carbonyl (C=O) groups is 1. The summed E-state index contributed by atoms with van der Waals surface area (Å²) in [6, 6.07) is 1.48. The third-order valence-corrected chi connectivity index (χ3v) is 3.84. The third-order valence-electron chi connectivity index (χ3n) is 2.11. The number of primary amides is 1. The van der Waals surface area contributed by atoms with Crippen molar-refractivity contribution in [1.29, 1.82) is 0 Å². The lowest BCUT2D eigenvalue weighted by atomic mass is 10.2. The van der Waals surface area contributed by atoms with E-state index in [1.54, 1.807) is 11.3 Å². The summed E-state index contributed by atoms with van der Waals surface area (Å²) in [6.45, 7) is 4.14. The molecule has 0 saturated carbocycles. The van der Waals surface area contributed by atoms with Crippen LogP contribution in [0.5, 0.6) is 0 Å². The Morgan fingerprint density at radius 2 is 2.24 bits per heavy atom. The summed E-state index contributed by atoms with van der Waals surface area (Å²) in [4.78, 5) is 17.4. The Labute approximate surface area is 107 Å². The zero-order valence-electron chi connectivity index (χ0n) is 9.40. The van der Waals surface area contributed by atoms with Crippen LogP contribution in [0.15, 0.2) is 11.4 Å². The van der Waals surface area contributed by atoms with E-state index in [4.69, 9.17) is 5.73 Å². The lowest BCUT2D eigenvalue weighted by molar-refractivity contribution is 0.250. The number of hydrogen-bond acceptors (Lipinski definition) is 5. The molecule has 90 valence electrons. The molecule has 2 aromatic rings. The molecule has 2 rings (SSSR count). The second-order valence-electron chi connectivity index (χ2n) is 3.48. The number of thiazole rings is 1. The minimum atomic E-state index is -0.635. The van der Waals surface area contributed by atoms with Crippen LogP contribution in [0.4, 0.5) is 9.93 Å². The number of nitrogens with two attached hydrogens (primary N) is 1. The van der Waals surface area contributed by atoms with Crippen LogP contribution in [0, 0.1) is 13.8 Å². The minimum Gasteiger partial charge on any atom is -0.350 e. The normalized spacial score (nSPS) is 10.2. The van der Waals surface area contributed by atoms with Gasteiger partial charge in [0.05, 0.1) is 5.69 Å². The highest BCUT2D eigenvalue weighted by atomic mass is 32.1. The summed E-state index contributed by atoms with van der Waals surface area (Å²) < 4.78 is 0. The number of rotatable bonds is 3. The molecule has 0 radical (unpaired) electrons. The number of hydrogen-bond donors (Lipinski definition) is 3. The quantitative estimate of drug-likeness (QED) is 0.748. The van der Waals surface area contributed by atoms with Gasteiger partial charge in [-0.1, -0.05) is 0 Å². The molecule has 4 N–H and O–H groups in total. The number of urea groups is 1. The van der Waals surface area contributed by atoms with Crippen molar-refractivity contribution in [1.82, 2.24) is 10.4 Å². The lowest BCUT2D eigenvalue weighted by Gasteiger charge is -2.00. The molecular formula is C10H12N4OS2. The first-order valence-electron chi connectivity index (χ1n) is 4.90. The molecule has 2 aromatic heterocycles. The van der Waals surface area contributed by atoms with E-state index in [1.165, 1.54) is 21.1 Å². The molecule has 0 saturated heterocycles. The Hall–Kier alpha value is -1.60. The maximum Gasteiger partial charge on any atom is 0.330 e. The number of anilines is 1. The molecule has 0 aliphatic rings. The van der Waals surface area contributed by atoms with E-state index in [2.05, 4.69) is 35.7 Å². The summed E-state index contributed by atoms with van der Waals surface area (Å²) in [5, 5.41) is 2.56. The summed E-state index contributed by atoms with van der Waals surface area (Å²) in [5.41, 5.74) is 11.9. The number of amides is 2. The molecule has 7 heteroatoms. The number of aromatic nitrogens is 1. The van der Waals surface area contributed by atoms with Crippen molar-refractivity contribution in [2.24, 2.45) is 5.73 Å². The van der Waals surface area contributed by atoms with Gasteiger partial charge < -0.3 is 5.73 Å². The lowest BCUT2D eigenvalue weighted by Crippen LogP contribution is -2.34. The highest BCUT2D eigenvalue weighted by Gasteiger charge is 2.09. The van der Waals surface area contributed by atoms with Gasteiger partial charge >= 0.3 is 6.03 Å². The largest absolute Gasteiger partial charge is 0.350 e. The van der Waals surface area contributed by atoms with Crippen molar-refractivity contribution in [3.63, 3.8) is 0 Å². The molecule has 0 atom stereocenters. The van der Waals surface area contributed by atoms with E-state index in [0.717, 1.165) is 11.3 Å². The molecule has 17 heavy (non-hydrogen) atoms. The maximum absolute atomic E-state index is 10.5. The van der Waals surface area contributed by atoms with Gasteiger partial charge in [-0.2, -0.15) is 0 Å². The highest BCUT2D eigenvalue weighted by molar-refractivity contribution is 7.14. The van der Waals surface area contributed by atoms with Gasteiger partial charge in [0.25, 0.3) is 0 Å². The Balaban J connectivity index is 2.18. The van der Waals surface area contributed by atoms with Crippen LogP contribution in [0.3, 0.4) is 0 Å².